The fraction of sp³-hybridized carbons (Fsp3) is 0.917. The minimum atomic E-state index is -1.70. The van der Waals surface area contributed by atoms with Crippen molar-refractivity contribution in [2.24, 2.45) is 0 Å². The molecule has 1 atom stereocenters. The second-order valence-electron chi connectivity index (χ2n) is 4.98. The third kappa shape index (κ3) is 2.09. The van der Waals surface area contributed by atoms with E-state index in [0.717, 1.165) is 38.5 Å². The predicted octanol–water partition coefficient (Wildman–Crippen LogP) is 1.75. The van der Waals surface area contributed by atoms with Crippen LogP contribution in [0.25, 0.3) is 0 Å². The zero-order chi connectivity index (χ0) is 11.6. The van der Waals surface area contributed by atoms with Gasteiger partial charge in [-0.25, -0.2) is 4.79 Å². The molecule has 0 bridgehead atoms. The summed E-state index contributed by atoms with van der Waals surface area (Å²) in [4.78, 5) is 11.5. The lowest BCUT2D eigenvalue weighted by molar-refractivity contribution is -0.293. The Labute approximate surface area is 95.9 Å². The fourth-order valence-corrected chi connectivity index (χ4v) is 2.96. The molecule has 1 spiro atoms. The first-order chi connectivity index (χ1) is 7.60. The Hall–Kier alpha value is -0.610. The maximum absolute atomic E-state index is 11.5. The van der Waals surface area contributed by atoms with Gasteiger partial charge in [0.05, 0.1) is 12.7 Å². The van der Waals surface area contributed by atoms with E-state index in [1.165, 1.54) is 13.5 Å². The third-order valence-electron chi connectivity index (χ3n) is 3.80. The van der Waals surface area contributed by atoms with Crippen LogP contribution in [0.4, 0.5) is 0 Å². The van der Waals surface area contributed by atoms with Crippen molar-refractivity contribution in [3.63, 3.8) is 0 Å². The SMILES string of the molecule is COC(=O)C1(O)CCCC2(CCCCC2)O1. The molecule has 92 valence electrons. The zero-order valence-corrected chi connectivity index (χ0v) is 9.83. The molecule has 1 N–H and O–H groups in total. The highest BCUT2D eigenvalue weighted by Crippen LogP contribution is 2.43. The molecule has 1 heterocycles. The van der Waals surface area contributed by atoms with Gasteiger partial charge in [-0.2, -0.15) is 0 Å². The Balaban J connectivity index is 2.10. The summed E-state index contributed by atoms with van der Waals surface area (Å²) in [5, 5.41) is 10.2. The average molecular weight is 228 g/mol. The van der Waals surface area contributed by atoms with E-state index in [1.54, 1.807) is 0 Å². The summed E-state index contributed by atoms with van der Waals surface area (Å²) in [5.41, 5.74) is -0.278. The van der Waals surface area contributed by atoms with Crippen molar-refractivity contribution in [3.8, 4) is 0 Å². The second-order valence-corrected chi connectivity index (χ2v) is 4.98. The van der Waals surface area contributed by atoms with Gasteiger partial charge in [0.1, 0.15) is 0 Å². The zero-order valence-electron chi connectivity index (χ0n) is 9.83. The lowest BCUT2D eigenvalue weighted by Crippen LogP contribution is -2.54. The molecule has 1 saturated heterocycles. The van der Waals surface area contributed by atoms with E-state index in [4.69, 9.17) is 4.74 Å². The van der Waals surface area contributed by atoms with E-state index in [9.17, 15) is 9.90 Å². The summed E-state index contributed by atoms with van der Waals surface area (Å²) in [6.45, 7) is 0. The monoisotopic (exact) mass is 228 g/mol. The summed E-state index contributed by atoms with van der Waals surface area (Å²) in [6, 6.07) is 0. The molecule has 0 aromatic heterocycles. The highest BCUT2D eigenvalue weighted by molar-refractivity contribution is 5.77. The standard InChI is InChI=1S/C12H20O4/c1-15-10(13)12(14)9-5-8-11(16-12)6-3-2-4-7-11/h14H,2-9H2,1H3. The first-order valence-corrected chi connectivity index (χ1v) is 6.11. The Bertz CT molecular complexity index is 265. The molecule has 0 radical (unpaired) electrons. The summed E-state index contributed by atoms with van der Waals surface area (Å²) < 4.78 is 10.3. The third-order valence-corrected chi connectivity index (χ3v) is 3.80. The number of carbonyl (C=O) groups excluding carboxylic acids is 1. The molecular formula is C12H20O4. The van der Waals surface area contributed by atoms with E-state index in [0.29, 0.717) is 6.42 Å². The van der Waals surface area contributed by atoms with Crippen molar-refractivity contribution in [2.75, 3.05) is 7.11 Å². The van der Waals surface area contributed by atoms with Crippen molar-refractivity contribution in [1.29, 1.82) is 0 Å². The largest absolute Gasteiger partial charge is 0.465 e. The van der Waals surface area contributed by atoms with Crippen molar-refractivity contribution in [1.82, 2.24) is 0 Å². The van der Waals surface area contributed by atoms with Crippen LogP contribution in [0.1, 0.15) is 51.4 Å². The van der Waals surface area contributed by atoms with E-state index in [1.807, 2.05) is 0 Å². The molecule has 4 heteroatoms. The number of esters is 1. The minimum absolute atomic E-state index is 0.278. The lowest BCUT2D eigenvalue weighted by atomic mass is 9.78. The Kier molecular flexibility index (Phi) is 3.22. The van der Waals surface area contributed by atoms with E-state index in [2.05, 4.69) is 4.74 Å². The number of ether oxygens (including phenoxy) is 2. The average Bonchev–Trinajstić information content (AvgIpc) is 2.28. The van der Waals surface area contributed by atoms with Crippen LogP contribution in [0.15, 0.2) is 0 Å². The number of carbonyl (C=O) groups is 1. The van der Waals surface area contributed by atoms with Crippen LogP contribution in [0.2, 0.25) is 0 Å². The molecular weight excluding hydrogens is 208 g/mol. The Morgan fingerprint density at radius 2 is 1.75 bits per heavy atom. The van der Waals surface area contributed by atoms with Crippen LogP contribution < -0.4 is 0 Å². The number of hydrogen-bond donors (Lipinski definition) is 1. The number of aliphatic hydroxyl groups is 1. The molecule has 1 aliphatic heterocycles. The first kappa shape index (κ1) is 11.9. The number of methoxy groups -OCH3 is 1. The first-order valence-electron chi connectivity index (χ1n) is 6.11. The molecule has 2 fully saturated rings. The number of hydrogen-bond acceptors (Lipinski definition) is 4. The van der Waals surface area contributed by atoms with Gasteiger partial charge in [0.2, 0.25) is 0 Å². The normalized spacial score (nSPS) is 33.6. The molecule has 16 heavy (non-hydrogen) atoms. The molecule has 4 nitrogen and oxygen atoms in total. The maximum Gasteiger partial charge on any atom is 0.366 e. The van der Waals surface area contributed by atoms with Crippen LogP contribution in [0.3, 0.4) is 0 Å². The van der Waals surface area contributed by atoms with Gasteiger partial charge in [-0.1, -0.05) is 19.3 Å². The lowest BCUT2D eigenvalue weighted by Gasteiger charge is -2.46. The highest BCUT2D eigenvalue weighted by Gasteiger charge is 2.50. The Morgan fingerprint density at radius 3 is 2.38 bits per heavy atom. The molecule has 1 saturated carbocycles. The summed E-state index contributed by atoms with van der Waals surface area (Å²) in [6.07, 6.45) is 7.49. The minimum Gasteiger partial charge on any atom is -0.465 e. The summed E-state index contributed by atoms with van der Waals surface area (Å²) in [7, 11) is 1.28. The van der Waals surface area contributed by atoms with Gasteiger partial charge < -0.3 is 14.6 Å². The van der Waals surface area contributed by atoms with E-state index in [-0.39, 0.29) is 5.60 Å². The van der Waals surface area contributed by atoms with Gasteiger partial charge in [0.15, 0.2) is 0 Å². The van der Waals surface area contributed by atoms with Gasteiger partial charge in [0, 0.05) is 6.42 Å². The second kappa shape index (κ2) is 4.34. The summed E-state index contributed by atoms with van der Waals surface area (Å²) in [5.74, 6) is -2.36. The van der Waals surface area contributed by atoms with Crippen molar-refractivity contribution in [2.45, 2.75) is 62.8 Å². The maximum atomic E-state index is 11.5. The van der Waals surface area contributed by atoms with Crippen molar-refractivity contribution < 1.29 is 19.4 Å². The van der Waals surface area contributed by atoms with Crippen LogP contribution in [0.5, 0.6) is 0 Å². The topological polar surface area (TPSA) is 55.8 Å². The van der Waals surface area contributed by atoms with Gasteiger partial charge in [-0.3, -0.25) is 0 Å². The highest BCUT2D eigenvalue weighted by atomic mass is 16.7. The van der Waals surface area contributed by atoms with Gasteiger partial charge >= 0.3 is 5.97 Å². The fourth-order valence-electron chi connectivity index (χ4n) is 2.96. The molecule has 1 aliphatic carbocycles. The van der Waals surface area contributed by atoms with E-state index >= 15 is 0 Å². The molecule has 0 amide bonds. The summed E-state index contributed by atoms with van der Waals surface area (Å²) >= 11 is 0. The van der Waals surface area contributed by atoms with Gasteiger partial charge in [-0.15, -0.1) is 0 Å². The van der Waals surface area contributed by atoms with E-state index < -0.39 is 11.8 Å². The predicted molar refractivity (Wildman–Crippen MR) is 57.7 cm³/mol. The van der Waals surface area contributed by atoms with Crippen LogP contribution in [-0.4, -0.2) is 29.6 Å². The Morgan fingerprint density at radius 1 is 1.12 bits per heavy atom. The molecule has 0 aromatic carbocycles. The quantitative estimate of drug-likeness (QED) is 0.695. The molecule has 1 unspecified atom stereocenters. The molecule has 2 aliphatic rings. The molecule has 0 aromatic rings. The smallest absolute Gasteiger partial charge is 0.366 e. The van der Waals surface area contributed by atoms with Crippen molar-refractivity contribution in [3.05, 3.63) is 0 Å². The van der Waals surface area contributed by atoms with Gasteiger partial charge in [0.25, 0.3) is 5.79 Å². The van der Waals surface area contributed by atoms with Crippen LogP contribution in [0, 0.1) is 0 Å². The molecule has 2 rings (SSSR count). The van der Waals surface area contributed by atoms with Crippen molar-refractivity contribution >= 4 is 5.97 Å². The van der Waals surface area contributed by atoms with Crippen LogP contribution in [-0.2, 0) is 14.3 Å². The van der Waals surface area contributed by atoms with Crippen LogP contribution >= 0.6 is 0 Å². The number of rotatable bonds is 1. The van der Waals surface area contributed by atoms with Gasteiger partial charge in [-0.05, 0) is 25.7 Å².